The van der Waals surface area contributed by atoms with Gasteiger partial charge in [0.15, 0.2) is 5.84 Å². The van der Waals surface area contributed by atoms with E-state index in [0.29, 0.717) is 11.3 Å². The summed E-state index contributed by atoms with van der Waals surface area (Å²) in [5.41, 5.74) is 6.59. The number of nitrogens with one attached hydrogen (secondary N) is 1. The van der Waals surface area contributed by atoms with Crippen LogP contribution in [0.5, 0.6) is 0 Å². The smallest absolute Gasteiger partial charge is 0.227 e. The molecule has 1 aromatic rings. The van der Waals surface area contributed by atoms with Crippen LogP contribution in [0.15, 0.2) is 27.8 Å². The molecule has 0 aliphatic heterocycles. The molecule has 0 aromatic heterocycles. The number of amidine groups is 1. The highest BCUT2D eigenvalue weighted by molar-refractivity contribution is 9.10. The first-order chi connectivity index (χ1) is 8.86. The first-order valence-corrected chi connectivity index (χ1v) is 6.74. The molecule has 0 saturated heterocycles. The fourth-order valence-electron chi connectivity index (χ4n) is 1.45. The highest BCUT2D eigenvalue weighted by Gasteiger charge is 2.18. The molecular formula is C13H18BrN3O2. The van der Waals surface area contributed by atoms with E-state index in [9.17, 15) is 4.79 Å². The third-order valence-electron chi connectivity index (χ3n) is 3.04. The van der Waals surface area contributed by atoms with Crippen molar-refractivity contribution in [2.45, 2.75) is 20.8 Å². The van der Waals surface area contributed by atoms with Gasteiger partial charge in [-0.3, -0.25) is 4.79 Å². The number of rotatable bonds is 4. The van der Waals surface area contributed by atoms with Crippen LogP contribution >= 0.6 is 15.9 Å². The molecule has 0 aliphatic rings. The van der Waals surface area contributed by atoms with Gasteiger partial charge in [-0.25, -0.2) is 0 Å². The molecule has 1 rings (SSSR count). The molecule has 1 aromatic carbocycles. The van der Waals surface area contributed by atoms with E-state index in [1.165, 1.54) is 0 Å². The second-order valence-corrected chi connectivity index (χ2v) is 5.61. The lowest BCUT2D eigenvalue weighted by Gasteiger charge is -2.17. The van der Waals surface area contributed by atoms with Crippen LogP contribution in [0.25, 0.3) is 0 Å². The number of hydrogen-bond acceptors (Lipinski definition) is 3. The molecule has 0 saturated carbocycles. The van der Waals surface area contributed by atoms with E-state index in [0.717, 1.165) is 4.47 Å². The number of carbonyl (C=O) groups excluding carboxylic acids is 1. The number of halogens is 1. The summed E-state index contributed by atoms with van der Waals surface area (Å²) in [7, 11) is 0. The Balaban J connectivity index is 3.06. The standard InChI is InChI=1S/C13H18BrN3O2/c1-7(2)8(3)13(18)16-11-6-9(14)4-5-10(11)12(15)17-19/h4-8,19H,1-3H3,(H2,15,17)(H,16,18). The molecule has 0 bridgehead atoms. The molecule has 0 fully saturated rings. The molecule has 1 unspecified atom stereocenters. The minimum atomic E-state index is -0.126. The molecule has 6 heteroatoms. The third-order valence-corrected chi connectivity index (χ3v) is 3.53. The van der Waals surface area contributed by atoms with Crippen LogP contribution in [-0.4, -0.2) is 17.0 Å². The van der Waals surface area contributed by atoms with Crippen molar-refractivity contribution >= 4 is 33.4 Å². The first-order valence-electron chi connectivity index (χ1n) is 5.95. The Morgan fingerprint density at radius 2 is 2.05 bits per heavy atom. The molecule has 1 atom stereocenters. The molecule has 0 radical (unpaired) electrons. The summed E-state index contributed by atoms with van der Waals surface area (Å²) in [5.74, 6) is -0.0290. The highest BCUT2D eigenvalue weighted by atomic mass is 79.9. The number of hydrogen-bond donors (Lipinski definition) is 3. The van der Waals surface area contributed by atoms with E-state index in [2.05, 4.69) is 26.4 Å². The summed E-state index contributed by atoms with van der Waals surface area (Å²) in [4.78, 5) is 12.1. The van der Waals surface area contributed by atoms with E-state index in [-0.39, 0.29) is 23.6 Å². The van der Waals surface area contributed by atoms with E-state index in [1.807, 2.05) is 20.8 Å². The lowest BCUT2D eigenvalue weighted by Crippen LogP contribution is -2.26. The zero-order valence-electron chi connectivity index (χ0n) is 11.1. The van der Waals surface area contributed by atoms with Gasteiger partial charge in [0.25, 0.3) is 0 Å². The minimum Gasteiger partial charge on any atom is -0.409 e. The van der Waals surface area contributed by atoms with Crippen LogP contribution < -0.4 is 11.1 Å². The van der Waals surface area contributed by atoms with Crippen LogP contribution in [0.3, 0.4) is 0 Å². The molecule has 4 N–H and O–H groups in total. The fourth-order valence-corrected chi connectivity index (χ4v) is 1.81. The number of nitrogens with two attached hydrogens (primary N) is 1. The molecule has 19 heavy (non-hydrogen) atoms. The van der Waals surface area contributed by atoms with Crippen LogP contribution in [0.4, 0.5) is 5.69 Å². The van der Waals surface area contributed by atoms with Gasteiger partial charge in [0.2, 0.25) is 5.91 Å². The lowest BCUT2D eigenvalue weighted by molar-refractivity contribution is -0.120. The normalized spacial score (nSPS) is 13.4. The topological polar surface area (TPSA) is 87.7 Å². The predicted octanol–water partition coefficient (Wildman–Crippen LogP) is 2.77. The van der Waals surface area contributed by atoms with Crippen LogP contribution in [0, 0.1) is 11.8 Å². The minimum absolute atomic E-state index is 0.0417. The molecule has 0 spiro atoms. The second-order valence-electron chi connectivity index (χ2n) is 4.70. The number of amides is 1. The quantitative estimate of drug-likeness (QED) is 0.344. The largest absolute Gasteiger partial charge is 0.409 e. The Kier molecular flexibility index (Phi) is 5.35. The Labute approximate surface area is 121 Å². The summed E-state index contributed by atoms with van der Waals surface area (Å²) < 4.78 is 0.800. The Morgan fingerprint density at radius 3 is 2.58 bits per heavy atom. The first kappa shape index (κ1) is 15.5. The van der Waals surface area contributed by atoms with Crippen molar-refractivity contribution < 1.29 is 10.0 Å². The van der Waals surface area contributed by atoms with Crippen molar-refractivity contribution in [2.75, 3.05) is 5.32 Å². The van der Waals surface area contributed by atoms with Gasteiger partial charge in [-0.15, -0.1) is 0 Å². The number of carbonyl (C=O) groups is 1. The Morgan fingerprint density at radius 1 is 1.42 bits per heavy atom. The highest BCUT2D eigenvalue weighted by Crippen LogP contribution is 2.23. The second kappa shape index (κ2) is 6.56. The maximum atomic E-state index is 12.1. The van der Waals surface area contributed by atoms with Gasteiger partial charge in [-0.1, -0.05) is 41.9 Å². The predicted molar refractivity (Wildman–Crippen MR) is 79.3 cm³/mol. The Hall–Kier alpha value is -1.56. The molecule has 0 aliphatic carbocycles. The van der Waals surface area contributed by atoms with Crippen molar-refractivity contribution in [1.82, 2.24) is 0 Å². The summed E-state index contributed by atoms with van der Waals surface area (Å²) in [6, 6.07) is 5.15. The SMILES string of the molecule is CC(C)C(C)C(=O)Nc1cc(Br)ccc1/C(N)=N/O. The lowest BCUT2D eigenvalue weighted by atomic mass is 9.97. The van der Waals surface area contributed by atoms with Crippen molar-refractivity contribution in [3.05, 3.63) is 28.2 Å². The van der Waals surface area contributed by atoms with Crippen molar-refractivity contribution in [3.63, 3.8) is 0 Å². The van der Waals surface area contributed by atoms with Crippen molar-refractivity contribution in [2.24, 2.45) is 22.7 Å². The van der Waals surface area contributed by atoms with E-state index in [1.54, 1.807) is 18.2 Å². The van der Waals surface area contributed by atoms with Crippen molar-refractivity contribution in [3.8, 4) is 0 Å². The van der Waals surface area contributed by atoms with Gasteiger partial charge in [0.05, 0.1) is 5.69 Å². The van der Waals surface area contributed by atoms with Crippen molar-refractivity contribution in [1.29, 1.82) is 0 Å². The monoisotopic (exact) mass is 327 g/mol. The fraction of sp³-hybridized carbons (Fsp3) is 0.385. The van der Waals surface area contributed by atoms with Gasteiger partial charge >= 0.3 is 0 Å². The van der Waals surface area contributed by atoms with Gasteiger partial charge in [-0.05, 0) is 24.1 Å². The van der Waals surface area contributed by atoms with E-state index in [4.69, 9.17) is 10.9 Å². The Bertz CT molecular complexity index is 501. The van der Waals surface area contributed by atoms with Crippen LogP contribution in [0.2, 0.25) is 0 Å². The maximum Gasteiger partial charge on any atom is 0.227 e. The number of nitrogens with zero attached hydrogens (tertiary/aromatic N) is 1. The number of anilines is 1. The van der Waals surface area contributed by atoms with Gasteiger partial charge in [-0.2, -0.15) is 0 Å². The molecule has 5 nitrogen and oxygen atoms in total. The summed E-state index contributed by atoms with van der Waals surface area (Å²) in [6.07, 6.45) is 0. The van der Waals surface area contributed by atoms with Crippen LogP contribution in [0.1, 0.15) is 26.3 Å². The maximum absolute atomic E-state index is 12.1. The van der Waals surface area contributed by atoms with Gasteiger partial charge < -0.3 is 16.3 Å². The third kappa shape index (κ3) is 3.96. The molecular weight excluding hydrogens is 310 g/mol. The zero-order valence-corrected chi connectivity index (χ0v) is 12.7. The van der Waals surface area contributed by atoms with E-state index < -0.39 is 0 Å². The van der Waals surface area contributed by atoms with Gasteiger partial charge in [0.1, 0.15) is 0 Å². The molecule has 1 amide bonds. The molecule has 0 heterocycles. The van der Waals surface area contributed by atoms with Crippen LogP contribution in [-0.2, 0) is 4.79 Å². The van der Waals surface area contributed by atoms with Gasteiger partial charge in [0, 0.05) is 16.0 Å². The molecule has 104 valence electrons. The number of benzene rings is 1. The van der Waals surface area contributed by atoms with E-state index >= 15 is 0 Å². The summed E-state index contributed by atoms with van der Waals surface area (Å²) >= 11 is 3.33. The average Bonchev–Trinajstić information content (AvgIpc) is 2.36. The average molecular weight is 328 g/mol. The summed E-state index contributed by atoms with van der Waals surface area (Å²) in [6.45, 7) is 5.83. The zero-order chi connectivity index (χ0) is 14.6. The number of oxime groups is 1. The summed E-state index contributed by atoms with van der Waals surface area (Å²) in [5, 5.41) is 14.5.